The molecule has 0 atom stereocenters. The number of pyridine rings is 2. The van der Waals surface area contributed by atoms with Crippen molar-refractivity contribution in [3.8, 4) is 17.4 Å². The van der Waals surface area contributed by atoms with Crippen molar-refractivity contribution in [2.45, 2.75) is 31.5 Å². The number of carbonyl (C=O) groups is 1. The second kappa shape index (κ2) is 8.98. The first-order valence-corrected chi connectivity index (χ1v) is 12.2. The van der Waals surface area contributed by atoms with Crippen molar-refractivity contribution in [3.05, 3.63) is 48.3 Å². The van der Waals surface area contributed by atoms with Crippen molar-refractivity contribution >= 4 is 21.4 Å². The van der Waals surface area contributed by atoms with Crippen molar-refractivity contribution in [1.29, 1.82) is 0 Å². The average molecular weight is 516 g/mol. The maximum atomic E-state index is 15.1. The summed E-state index contributed by atoms with van der Waals surface area (Å²) in [6.45, 7) is 0.147. The molecular formula is C21H20F4N4O5S. The normalized spacial score (nSPS) is 17.2. The molecule has 0 saturated carbocycles. The summed E-state index contributed by atoms with van der Waals surface area (Å²) < 4.78 is 86.9. The Kier molecular flexibility index (Phi) is 6.34. The van der Waals surface area contributed by atoms with E-state index in [0.717, 1.165) is 10.6 Å². The summed E-state index contributed by atoms with van der Waals surface area (Å²) in [5, 5.41) is 2.77. The number of imidazole rings is 1. The third kappa shape index (κ3) is 5.81. The van der Waals surface area contributed by atoms with Crippen LogP contribution >= 0.6 is 0 Å². The lowest BCUT2D eigenvalue weighted by atomic mass is 9.95. The van der Waals surface area contributed by atoms with Crippen LogP contribution in [0.5, 0.6) is 17.4 Å². The third-order valence-electron chi connectivity index (χ3n) is 5.44. The molecule has 1 aliphatic rings. The molecular weight excluding hydrogens is 496 g/mol. The van der Waals surface area contributed by atoms with Crippen molar-refractivity contribution in [2.24, 2.45) is 0 Å². The first-order valence-electron chi connectivity index (χ1n) is 10.4. The Morgan fingerprint density at radius 1 is 1.20 bits per heavy atom. The molecule has 4 heterocycles. The highest BCUT2D eigenvalue weighted by atomic mass is 32.2. The van der Waals surface area contributed by atoms with Crippen molar-refractivity contribution < 1.29 is 40.2 Å². The minimum absolute atomic E-state index is 0.0491. The molecule has 188 valence electrons. The van der Waals surface area contributed by atoms with Crippen molar-refractivity contribution in [2.75, 3.05) is 18.1 Å². The van der Waals surface area contributed by atoms with Crippen LogP contribution in [0.25, 0.3) is 5.65 Å². The summed E-state index contributed by atoms with van der Waals surface area (Å²) in [4.78, 5) is 20.6. The number of sulfone groups is 1. The molecule has 9 nitrogen and oxygen atoms in total. The summed E-state index contributed by atoms with van der Waals surface area (Å²) in [5.74, 6) is -2.78. The Labute approximate surface area is 197 Å². The lowest BCUT2D eigenvalue weighted by molar-refractivity contribution is -0.153. The molecule has 1 aliphatic heterocycles. The molecule has 1 amide bonds. The van der Waals surface area contributed by atoms with Gasteiger partial charge in [-0.2, -0.15) is 17.6 Å². The average Bonchev–Trinajstić information content (AvgIpc) is 3.22. The monoisotopic (exact) mass is 516 g/mol. The maximum absolute atomic E-state index is 15.1. The molecule has 14 heteroatoms. The summed E-state index contributed by atoms with van der Waals surface area (Å²) in [6, 6.07) is 5.07. The second-order valence-corrected chi connectivity index (χ2v) is 10.6. The van der Waals surface area contributed by atoms with Crippen LogP contribution < -0.4 is 14.8 Å². The summed E-state index contributed by atoms with van der Waals surface area (Å²) >= 11 is 0. The predicted octanol–water partition coefficient (Wildman–Crippen LogP) is 3.30. The van der Waals surface area contributed by atoms with E-state index in [1.54, 1.807) is 6.92 Å². The number of hydrogen-bond donors (Lipinski definition) is 1. The highest BCUT2D eigenvalue weighted by molar-refractivity contribution is 7.91. The van der Waals surface area contributed by atoms with Gasteiger partial charge >= 0.3 is 6.18 Å². The number of hydrogen-bond acceptors (Lipinski definition) is 7. The van der Waals surface area contributed by atoms with Crippen molar-refractivity contribution in [3.63, 3.8) is 0 Å². The van der Waals surface area contributed by atoms with E-state index in [1.165, 1.54) is 30.5 Å². The highest BCUT2D eigenvalue weighted by Crippen LogP contribution is 2.32. The number of alkyl halides is 3. The molecule has 1 saturated heterocycles. The minimum atomic E-state index is -4.59. The Bertz CT molecular complexity index is 1360. The van der Waals surface area contributed by atoms with Gasteiger partial charge in [-0.3, -0.25) is 9.20 Å². The molecule has 0 bridgehead atoms. The maximum Gasteiger partial charge on any atom is 0.422 e. The van der Waals surface area contributed by atoms with Crippen LogP contribution in [0.15, 0.2) is 36.7 Å². The molecule has 35 heavy (non-hydrogen) atoms. The van der Waals surface area contributed by atoms with Crippen LogP contribution in [0.2, 0.25) is 0 Å². The van der Waals surface area contributed by atoms with Gasteiger partial charge in [-0.15, -0.1) is 0 Å². The number of aromatic nitrogens is 3. The Morgan fingerprint density at radius 3 is 2.60 bits per heavy atom. The lowest BCUT2D eigenvalue weighted by Gasteiger charge is -2.34. The van der Waals surface area contributed by atoms with Gasteiger partial charge in [0.2, 0.25) is 5.95 Å². The molecule has 0 radical (unpaired) electrons. The number of halogens is 4. The zero-order chi connectivity index (χ0) is 25.4. The minimum Gasteiger partial charge on any atom is -0.478 e. The lowest BCUT2D eigenvalue weighted by Crippen LogP contribution is -2.51. The van der Waals surface area contributed by atoms with E-state index in [4.69, 9.17) is 4.74 Å². The second-order valence-electron chi connectivity index (χ2n) is 8.32. The molecule has 0 spiro atoms. The van der Waals surface area contributed by atoms with E-state index in [1.807, 2.05) is 0 Å². The van der Waals surface area contributed by atoms with E-state index in [9.17, 15) is 26.4 Å². The van der Waals surface area contributed by atoms with Gasteiger partial charge < -0.3 is 14.8 Å². The molecule has 4 rings (SSSR count). The van der Waals surface area contributed by atoms with E-state index in [-0.39, 0.29) is 53.1 Å². The first kappa shape index (κ1) is 24.7. The molecule has 0 unspecified atom stereocenters. The SMILES string of the molecule is CC1(NC(=O)c2cn3c(F)c(Oc4ncccc4OCC(F)(F)F)ccc3n2)CCS(=O)(=O)CC1. The van der Waals surface area contributed by atoms with Gasteiger partial charge in [-0.05, 0) is 44.0 Å². The Balaban J connectivity index is 1.54. The van der Waals surface area contributed by atoms with Crippen LogP contribution in [-0.4, -0.2) is 58.5 Å². The number of fused-ring (bicyclic) bond motifs is 1. The van der Waals surface area contributed by atoms with Gasteiger partial charge in [-0.1, -0.05) is 0 Å². The van der Waals surface area contributed by atoms with Crippen LogP contribution in [0.4, 0.5) is 17.6 Å². The number of nitrogens with one attached hydrogen (secondary N) is 1. The predicted molar refractivity (Wildman–Crippen MR) is 115 cm³/mol. The van der Waals surface area contributed by atoms with E-state index in [2.05, 4.69) is 20.0 Å². The van der Waals surface area contributed by atoms with Gasteiger partial charge in [0.15, 0.2) is 18.1 Å². The number of nitrogens with zero attached hydrogens (tertiary/aromatic N) is 3. The van der Waals surface area contributed by atoms with Gasteiger partial charge in [0.25, 0.3) is 11.8 Å². The fourth-order valence-corrected chi connectivity index (χ4v) is 5.20. The van der Waals surface area contributed by atoms with Crippen LogP contribution in [0, 0.1) is 5.95 Å². The quantitative estimate of drug-likeness (QED) is 0.395. The number of ether oxygens (including phenoxy) is 2. The van der Waals surface area contributed by atoms with Gasteiger partial charge in [-0.25, -0.2) is 18.4 Å². The van der Waals surface area contributed by atoms with E-state index >= 15 is 4.39 Å². The molecule has 3 aromatic heterocycles. The molecule has 0 aromatic carbocycles. The summed E-state index contributed by atoms with van der Waals surface area (Å²) in [5.41, 5.74) is -0.787. The molecule has 3 aromatic rings. The zero-order valence-electron chi connectivity index (χ0n) is 18.3. The van der Waals surface area contributed by atoms with Crippen molar-refractivity contribution in [1.82, 2.24) is 19.7 Å². The number of rotatable bonds is 6. The molecule has 1 fully saturated rings. The smallest absolute Gasteiger partial charge is 0.422 e. The standard InChI is InChI=1S/C21H20F4N4O5S/c1-20(6-9-35(31,32)10-7-20)28-18(30)13-11-29-16(27-13)5-4-14(17(29)22)34-19-15(3-2-8-26-19)33-12-21(23,24)25/h2-5,8,11H,6-7,9-10,12H2,1H3,(H,28,30). The summed E-state index contributed by atoms with van der Waals surface area (Å²) in [7, 11) is -3.13. The first-order chi connectivity index (χ1) is 16.3. The Hall–Kier alpha value is -3.42. The summed E-state index contributed by atoms with van der Waals surface area (Å²) in [6.07, 6.45) is -1.74. The van der Waals surface area contributed by atoms with Gasteiger partial charge in [0, 0.05) is 17.9 Å². The van der Waals surface area contributed by atoms with E-state index < -0.39 is 40.0 Å². The highest BCUT2D eigenvalue weighted by Gasteiger charge is 2.35. The Morgan fingerprint density at radius 2 is 1.91 bits per heavy atom. The van der Waals surface area contributed by atoms with Gasteiger partial charge in [0.05, 0.1) is 11.5 Å². The van der Waals surface area contributed by atoms with Crippen LogP contribution in [0.1, 0.15) is 30.3 Å². The molecule has 0 aliphatic carbocycles. The topological polar surface area (TPSA) is 112 Å². The number of amides is 1. The third-order valence-corrected chi connectivity index (χ3v) is 7.10. The van der Waals surface area contributed by atoms with E-state index in [0.29, 0.717) is 0 Å². The van der Waals surface area contributed by atoms with Gasteiger partial charge in [0.1, 0.15) is 21.2 Å². The fraction of sp³-hybridized carbons (Fsp3) is 0.381. The fourth-order valence-electron chi connectivity index (χ4n) is 3.47. The van der Waals surface area contributed by atoms with Crippen LogP contribution in [0.3, 0.4) is 0 Å². The zero-order valence-corrected chi connectivity index (χ0v) is 19.1. The number of carbonyl (C=O) groups excluding carboxylic acids is 1. The largest absolute Gasteiger partial charge is 0.478 e. The van der Waals surface area contributed by atoms with Crippen LogP contribution in [-0.2, 0) is 9.84 Å². The molecule has 1 N–H and O–H groups in total.